The van der Waals surface area contributed by atoms with Gasteiger partial charge in [-0.15, -0.1) is 5.06 Å². The summed E-state index contributed by atoms with van der Waals surface area (Å²) in [5, 5.41) is 2.83. The SMILES string of the molecule is CC(OC(C)(C)C)C(NC(=O)OCc1ccccc1)C(=O)ON1C(=O)CCC1=O. The van der Waals surface area contributed by atoms with Gasteiger partial charge in [0, 0.05) is 12.8 Å². The van der Waals surface area contributed by atoms with E-state index < -0.39 is 41.6 Å². The van der Waals surface area contributed by atoms with Gasteiger partial charge in [-0.25, -0.2) is 9.59 Å². The van der Waals surface area contributed by atoms with Crippen molar-refractivity contribution < 1.29 is 33.5 Å². The maximum atomic E-state index is 12.6. The largest absolute Gasteiger partial charge is 0.445 e. The van der Waals surface area contributed by atoms with E-state index in [-0.39, 0.29) is 19.4 Å². The van der Waals surface area contributed by atoms with Gasteiger partial charge >= 0.3 is 12.1 Å². The van der Waals surface area contributed by atoms with E-state index in [2.05, 4.69) is 5.32 Å². The van der Waals surface area contributed by atoms with E-state index in [9.17, 15) is 19.2 Å². The van der Waals surface area contributed by atoms with E-state index >= 15 is 0 Å². The number of alkyl carbamates (subject to hydrolysis) is 1. The number of hydrogen-bond donors (Lipinski definition) is 1. The Morgan fingerprint density at radius 2 is 1.69 bits per heavy atom. The second-order valence-corrected chi connectivity index (χ2v) is 7.61. The molecule has 0 radical (unpaired) electrons. The van der Waals surface area contributed by atoms with Gasteiger partial charge in [0.25, 0.3) is 11.8 Å². The third kappa shape index (κ3) is 6.86. The van der Waals surface area contributed by atoms with Crippen LogP contribution in [-0.4, -0.2) is 46.7 Å². The molecule has 9 nitrogen and oxygen atoms in total. The van der Waals surface area contributed by atoms with Crippen LogP contribution in [0.5, 0.6) is 0 Å². The molecule has 2 rings (SSSR count). The number of ether oxygens (including phenoxy) is 2. The molecule has 1 saturated heterocycles. The van der Waals surface area contributed by atoms with Gasteiger partial charge in [-0.3, -0.25) is 9.59 Å². The maximum Gasteiger partial charge on any atom is 0.408 e. The van der Waals surface area contributed by atoms with E-state index in [4.69, 9.17) is 14.3 Å². The average Bonchev–Trinajstić information content (AvgIpc) is 2.95. The van der Waals surface area contributed by atoms with Crippen molar-refractivity contribution in [1.82, 2.24) is 10.4 Å². The number of rotatable bonds is 7. The molecular weight excluding hydrogens is 380 g/mol. The number of nitrogens with one attached hydrogen (secondary N) is 1. The number of hydroxylamine groups is 2. The van der Waals surface area contributed by atoms with Crippen LogP contribution >= 0.6 is 0 Å². The molecule has 1 N–H and O–H groups in total. The van der Waals surface area contributed by atoms with Gasteiger partial charge in [-0.05, 0) is 33.3 Å². The molecule has 2 atom stereocenters. The van der Waals surface area contributed by atoms with E-state index in [1.165, 1.54) is 0 Å². The Hall–Kier alpha value is -2.94. The predicted molar refractivity (Wildman–Crippen MR) is 101 cm³/mol. The Balaban J connectivity index is 2.05. The van der Waals surface area contributed by atoms with Gasteiger partial charge in [0.05, 0.1) is 11.7 Å². The van der Waals surface area contributed by atoms with E-state index in [0.717, 1.165) is 5.56 Å². The molecule has 1 aromatic carbocycles. The molecule has 1 aliphatic rings. The zero-order valence-electron chi connectivity index (χ0n) is 17.0. The molecule has 1 aromatic rings. The fourth-order valence-electron chi connectivity index (χ4n) is 2.69. The average molecular weight is 406 g/mol. The number of imide groups is 1. The van der Waals surface area contributed by atoms with Gasteiger partial charge < -0.3 is 19.6 Å². The Labute approximate surface area is 169 Å². The molecule has 1 aliphatic heterocycles. The van der Waals surface area contributed by atoms with E-state index in [1.54, 1.807) is 52.0 Å². The topological polar surface area (TPSA) is 111 Å². The normalized spacial score (nSPS) is 16.3. The van der Waals surface area contributed by atoms with Gasteiger partial charge in [-0.1, -0.05) is 30.3 Å². The first-order chi connectivity index (χ1) is 13.6. The summed E-state index contributed by atoms with van der Waals surface area (Å²) in [6, 6.07) is 7.73. The first-order valence-corrected chi connectivity index (χ1v) is 9.29. The van der Waals surface area contributed by atoms with Crippen LogP contribution in [0.1, 0.15) is 46.1 Å². The number of carbonyl (C=O) groups is 4. The molecule has 3 amide bonds. The lowest BCUT2D eigenvalue weighted by Crippen LogP contribution is -2.53. The first kappa shape index (κ1) is 22.4. The van der Waals surface area contributed by atoms with Crippen molar-refractivity contribution in [2.75, 3.05) is 0 Å². The Morgan fingerprint density at radius 3 is 2.24 bits per heavy atom. The summed E-state index contributed by atoms with van der Waals surface area (Å²) in [5.74, 6) is -2.22. The lowest BCUT2D eigenvalue weighted by atomic mass is 10.1. The van der Waals surface area contributed by atoms with Crippen LogP contribution in [0.4, 0.5) is 4.79 Å². The van der Waals surface area contributed by atoms with Crippen molar-refractivity contribution in [2.45, 2.75) is 64.9 Å². The van der Waals surface area contributed by atoms with Gasteiger partial charge in [0.1, 0.15) is 6.61 Å². The summed E-state index contributed by atoms with van der Waals surface area (Å²) in [6.07, 6.45) is -1.74. The van der Waals surface area contributed by atoms with E-state index in [0.29, 0.717) is 5.06 Å². The van der Waals surface area contributed by atoms with Crippen molar-refractivity contribution in [3.63, 3.8) is 0 Å². The number of nitrogens with zero attached hydrogens (tertiary/aromatic N) is 1. The highest BCUT2D eigenvalue weighted by molar-refractivity contribution is 6.01. The quantitative estimate of drug-likeness (QED) is 0.690. The Morgan fingerprint density at radius 1 is 1.10 bits per heavy atom. The molecule has 2 unspecified atom stereocenters. The molecule has 0 saturated carbocycles. The van der Waals surface area contributed by atoms with Crippen LogP contribution in [0.25, 0.3) is 0 Å². The molecule has 29 heavy (non-hydrogen) atoms. The summed E-state index contributed by atoms with van der Waals surface area (Å²) >= 11 is 0. The smallest absolute Gasteiger partial charge is 0.408 e. The fraction of sp³-hybridized carbons (Fsp3) is 0.500. The standard InChI is InChI=1S/C20H26N2O7/c1-13(28-20(2,3)4)17(18(25)29-22-15(23)10-11-16(22)24)21-19(26)27-12-14-8-6-5-7-9-14/h5-9,13,17H,10-12H2,1-4H3,(H,21,26). The van der Waals surface area contributed by atoms with Gasteiger partial charge in [0.15, 0.2) is 6.04 Å². The molecular formula is C20H26N2O7. The summed E-state index contributed by atoms with van der Waals surface area (Å²) in [6.45, 7) is 6.93. The minimum Gasteiger partial charge on any atom is -0.445 e. The lowest BCUT2D eigenvalue weighted by Gasteiger charge is -2.30. The third-order valence-electron chi connectivity index (χ3n) is 3.94. The van der Waals surface area contributed by atoms with Crippen molar-refractivity contribution >= 4 is 23.9 Å². The van der Waals surface area contributed by atoms with Crippen LogP contribution < -0.4 is 5.32 Å². The first-order valence-electron chi connectivity index (χ1n) is 9.29. The number of amides is 3. The Bertz CT molecular complexity index is 742. The summed E-state index contributed by atoms with van der Waals surface area (Å²) in [4.78, 5) is 53.2. The van der Waals surface area contributed by atoms with Crippen LogP contribution in [0.3, 0.4) is 0 Å². The maximum absolute atomic E-state index is 12.6. The number of hydrogen-bond acceptors (Lipinski definition) is 7. The third-order valence-corrected chi connectivity index (χ3v) is 3.94. The molecule has 0 bridgehead atoms. The van der Waals surface area contributed by atoms with Crippen LogP contribution in [0.2, 0.25) is 0 Å². The minimum absolute atomic E-state index is 0.00600. The second kappa shape index (κ2) is 9.51. The molecule has 9 heteroatoms. The highest BCUT2D eigenvalue weighted by atomic mass is 16.7. The van der Waals surface area contributed by atoms with E-state index in [1.807, 2.05) is 6.07 Å². The van der Waals surface area contributed by atoms with Crippen molar-refractivity contribution in [3.8, 4) is 0 Å². The van der Waals surface area contributed by atoms with Crippen LogP contribution in [-0.2, 0) is 35.3 Å². The summed E-state index contributed by atoms with van der Waals surface area (Å²) in [7, 11) is 0. The molecule has 0 spiro atoms. The van der Waals surface area contributed by atoms with Crippen LogP contribution in [0, 0.1) is 0 Å². The number of carbonyl (C=O) groups excluding carboxylic acids is 4. The van der Waals surface area contributed by atoms with Crippen molar-refractivity contribution in [2.24, 2.45) is 0 Å². The lowest BCUT2D eigenvalue weighted by molar-refractivity contribution is -0.202. The second-order valence-electron chi connectivity index (χ2n) is 7.61. The molecule has 0 aliphatic carbocycles. The predicted octanol–water partition coefficient (Wildman–Crippen LogP) is 2.09. The zero-order chi connectivity index (χ0) is 21.6. The summed E-state index contributed by atoms with van der Waals surface area (Å²) < 4.78 is 10.9. The highest BCUT2D eigenvalue weighted by Crippen LogP contribution is 2.17. The van der Waals surface area contributed by atoms with Crippen molar-refractivity contribution in [1.29, 1.82) is 0 Å². The highest BCUT2D eigenvalue weighted by Gasteiger charge is 2.38. The zero-order valence-corrected chi connectivity index (χ0v) is 17.0. The Kier molecular flexibility index (Phi) is 7.33. The molecule has 158 valence electrons. The van der Waals surface area contributed by atoms with Crippen LogP contribution in [0.15, 0.2) is 30.3 Å². The minimum atomic E-state index is -1.29. The monoisotopic (exact) mass is 406 g/mol. The number of benzene rings is 1. The fourth-order valence-corrected chi connectivity index (χ4v) is 2.69. The van der Waals surface area contributed by atoms with Gasteiger partial charge in [0.2, 0.25) is 0 Å². The summed E-state index contributed by atoms with van der Waals surface area (Å²) in [5.41, 5.74) is 0.154. The molecule has 1 fully saturated rings. The van der Waals surface area contributed by atoms with Gasteiger partial charge in [-0.2, -0.15) is 0 Å². The molecule has 1 heterocycles. The van der Waals surface area contributed by atoms with Crippen molar-refractivity contribution in [3.05, 3.63) is 35.9 Å². The molecule has 0 aromatic heterocycles.